The lowest BCUT2D eigenvalue weighted by molar-refractivity contribution is -0.110. The average Bonchev–Trinajstić information content (AvgIpc) is 3.24. The highest BCUT2D eigenvalue weighted by atomic mass is 32.2. The van der Waals surface area contributed by atoms with Gasteiger partial charge < -0.3 is 16.0 Å². The van der Waals surface area contributed by atoms with Crippen molar-refractivity contribution in [3.63, 3.8) is 0 Å². The number of carbonyl (C=O) groups is 1. The predicted octanol–water partition coefficient (Wildman–Crippen LogP) is 4.18. The summed E-state index contributed by atoms with van der Waals surface area (Å²) in [7, 11) is -3.46. The van der Waals surface area contributed by atoms with Crippen molar-refractivity contribution in [2.75, 3.05) is 47.3 Å². The Bertz CT molecular complexity index is 1430. The number of fused-ring (bicyclic) bond motifs is 1. The molecule has 5 rings (SSSR count). The Balaban J connectivity index is 1.48. The average molecular weight is 532 g/mol. The van der Waals surface area contributed by atoms with Crippen molar-refractivity contribution in [2.24, 2.45) is 0 Å². The highest BCUT2D eigenvalue weighted by Gasteiger charge is 2.29. The van der Waals surface area contributed by atoms with Gasteiger partial charge in [0, 0.05) is 55.3 Å². The van der Waals surface area contributed by atoms with Gasteiger partial charge >= 0.3 is 0 Å². The minimum Gasteiger partial charge on any atom is -0.354 e. The van der Waals surface area contributed by atoms with E-state index in [4.69, 9.17) is 0 Å². The zero-order valence-electron chi connectivity index (χ0n) is 21.5. The van der Waals surface area contributed by atoms with Crippen molar-refractivity contribution >= 4 is 44.3 Å². The molecule has 0 atom stereocenters. The number of nitrogens with one attached hydrogen (secondary N) is 4. The summed E-state index contributed by atoms with van der Waals surface area (Å²) < 4.78 is 27.4. The molecule has 0 spiro atoms. The van der Waals surface area contributed by atoms with Crippen LogP contribution in [0.5, 0.6) is 0 Å². The summed E-state index contributed by atoms with van der Waals surface area (Å²) in [4.78, 5) is 15.7. The first kappa shape index (κ1) is 26.0. The summed E-state index contributed by atoms with van der Waals surface area (Å²) in [6.07, 6.45) is 0.515. The summed E-state index contributed by atoms with van der Waals surface area (Å²) >= 11 is 0. The number of carbonyl (C=O) groups excluding carboxylic acids is 1. The number of hydrogen-bond donors (Lipinski definition) is 4. The van der Waals surface area contributed by atoms with Crippen molar-refractivity contribution in [2.45, 2.75) is 19.9 Å². The normalized spacial score (nSPS) is 17.0. The van der Waals surface area contributed by atoms with Crippen LogP contribution in [0, 0.1) is 0 Å². The fourth-order valence-corrected chi connectivity index (χ4v) is 5.95. The van der Waals surface area contributed by atoms with Gasteiger partial charge in [0.25, 0.3) is 5.91 Å². The molecule has 3 aromatic carbocycles. The topological polar surface area (TPSA) is 103 Å². The monoisotopic (exact) mass is 531 g/mol. The second-order valence-corrected chi connectivity index (χ2v) is 11.4. The lowest BCUT2D eigenvalue weighted by Crippen LogP contribution is -2.42. The summed E-state index contributed by atoms with van der Waals surface area (Å²) in [5.41, 5.74) is 5.79. The van der Waals surface area contributed by atoms with Gasteiger partial charge in [0.1, 0.15) is 0 Å². The molecule has 0 aliphatic carbocycles. The third kappa shape index (κ3) is 6.07. The van der Waals surface area contributed by atoms with Crippen LogP contribution in [0.2, 0.25) is 0 Å². The number of amides is 1. The van der Waals surface area contributed by atoms with E-state index in [0.717, 1.165) is 44.0 Å². The van der Waals surface area contributed by atoms with E-state index >= 15 is 0 Å². The zero-order chi connectivity index (χ0) is 26.5. The molecule has 2 heterocycles. The van der Waals surface area contributed by atoms with Gasteiger partial charge in [-0.2, -0.15) is 0 Å². The van der Waals surface area contributed by atoms with Gasteiger partial charge in [-0.05, 0) is 47.9 Å². The molecule has 0 saturated carbocycles. The van der Waals surface area contributed by atoms with Crippen molar-refractivity contribution < 1.29 is 13.2 Å². The second kappa shape index (κ2) is 11.4. The van der Waals surface area contributed by atoms with Gasteiger partial charge in [0.2, 0.25) is 10.0 Å². The molecule has 4 N–H and O–H groups in total. The molecule has 2 aliphatic heterocycles. The van der Waals surface area contributed by atoms with Crippen LogP contribution in [-0.2, 0) is 21.4 Å². The SMILES string of the molecule is CCCS(=O)(=O)Nc1ccc2c(c1)C(=C(Nc1ccc(CN3CCNCC3)cc1)c1ccccc1)C(=O)N2. The number of rotatable bonds is 9. The van der Waals surface area contributed by atoms with Gasteiger partial charge in [0.05, 0.1) is 17.0 Å². The Morgan fingerprint density at radius 3 is 2.37 bits per heavy atom. The van der Waals surface area contributed by atoms with E-state index < -0.39 is 10.0 Å². The third-order valence-electron chi connectivity index (χ3n) is 6.66. The smallest absolute Gasteiger partial charge is 0.258 e. The van der Waals surface area contributed by atoms with Gasteiger partial charge in [-0.3, -0.25) is 14.4 Å². The van der Waals surface area contributed by atoms with E-state index in [1.165, 1.54) is 5.56 Å². The Hall–Kier alpha value is -3.66. The molecular formula is C29H33N5O3S. The Labute approximate surface area is 224 Å². The first-order chi connectivity index (χ1) is 18.4. The largest absolute Gasteiger partial charge is 0.354 e. The Morgan fingerprint density at radius 2 is 1.66 bits per heavy atom. The molecule has 0 bridgehead atoms. The molecule has 0 aromatic heterocycles. The van der Waals surface area contributed by atoms with E-state index in [0.29, 0.717) is 34.6 Å². The Kier molecular flexibility index (Phi) is 7.78. The molecule has 1 amide bonds. The van der Waals surface area contributed by atoms with Crippen molar-refractivity contribution in [1.29, 1.82) is 0 Å². The van der Waals surface area contributed by atoms with E-state index in [9.17, 15) is 13.2 Å². The molecule has 0 unspecified atom stereocenters. The van der Waals surface area contributed by atoms with Gasteiger partial charge in [-0.25, -0.2) is 8.42 Å². The maximum absolute atomic E-state index is 13.3. The molecule has 8 nitrogen and oxygen atoms in total. The van der Waals surface area contributed by atoms with Gasteiger partial charge in [0.15, 0.2) is 0 Å². The molecular weight excluding hydrogens is 498 g/mol. The molecule has 1 fully saturated rings. The van der Waals surface area contributed by atoms with Crippen LogP contribution in [0.4, 0.5) is 17.1 Å². The maximum Gasteiger partial charge on any atom is 0.258 e. The minimum absolute atomic E-state index is 0.0332. The molecule has 3 aromatic rings. The lowest BCUT2D eigenvalue weighted by atomic mass is 9.99. The van der Waals surface area contributed by atoms with Crippen molar-refractivity contribution in [3.8, 4) is 0 Å². The summed E-state index contributed by atoms with van der Waals surface area (Å²) in [6, 6.07) is 23.1. The standard InChI is InChI=1S/C29H33N5O3S/c1-2-18-38(36,37)33-24-12-13-26-25(19-24)27(29(35)32-26)28(22-6-4-3-5-7-22)31-23-10-8-21(9-11-23)20-34-16-14-30-15-17-34/h3-13,19,30-31,33H,2,14-18,20H2,1H3,(H,32,35). The third-order valence-corrected chi connectivity index (χ3v) is 8.15. The van der Waals surface area contributed by atoms with E-state index in [-0.39, 0.29) is 11.7 Å². The molecule has 2 aliphatic rings. The van der Waals surface area contributed by atoms with E-state index in [1.54, 1.807) is 18.2 Å². The highest BCUT2D eigenvalue weighted by molar-refractivity contribution is 7.92. The number of piperazine rings is 1. The number of sulfonamides is 1. The molecule has 198 valence electrons. The molecule has 9 heteroatoms. The van der Waals surface area contributed by atoms with Crippen molar-refractivity contribution in [1.82, 2.24) is 10.2 Å². The quantitative estimate of drug-likeness (QED) is 0.309. The minimum atomic E-state index is -3.46. The number of benzene rings is 3. The zero-order valence-corrected chi connectivity index (χ0v) is 22.3. The van der Waals surface area contributed by atoms with Crippen LogP contribution in [-0.4, -0.2) is 51.2 Å². The summed E-state index contributed by atoms with van der Waals surface area (Å²) in [5, 5.41) is 9.79. The van der Waals surface area contributed by atoms with Crippen LogP contribution in [0.1, 0.15) is 30.0 Å². The fraction of sp³-hybridized carbons (Fsp3) is 0.276. The van der Waals surface area contributed by atoms with Gasteiger partial charge in [-0.1, -0.05) is 49.4 Å². The number of anilines is 3. The predicted molar refractivity (Wildman–Crippen MR) is 154 cm³/mol. The summed E-state index contributed by atoms with van der Waals surface area (Å²) in [6.45, 7) is 6.82. The van der Waals surface area contributed by atoms with Crippen LogP contribution in [0.15, 0.2) is 72.8 Å². The lowest BCUT2D eigenvalue weighted by Gasteiger charge is -2.27. The first-order valence-corrected chi connectivity index (χ1v) is 14.6. The van der Waals surface area contributed by atoms with Crippen LogP contribution in [0.3, 0.4) is 0 Å². The van der Waals surface area contributed by atoms with Crippen LogP contribution in [0.25, 0.3) is 11.3 Å². The van der Waals surface area contributed by atoms with E-state index in [1.807, 2.05) is 49.4 Å². The van der Waals surface area contributed by atoms with Crippen molar-refractivity contribution in [3.05, 3.63) is 89.5 Å². The Morgan fingerprint density at radius 1 is 0.947 bits per heavy atom. The fourth-order valence-electron chi connectivity index (χ4n) is 4.83. The second-order valence-electron chi connectivity index (χ2n) is 9.60. The van der Waals surface area contributed by atoms with Crippen LogP contribution >= 0.6 is 0 Å². The summed E-state index contributed by atoms with van der Waals surface area (Å²) in [5.74, 6) is -0.207. The first-order valence-electron chi connectivity index (χ1n) is 13.0. The number of hydrogen-bond acceptors (Lipinski definition) is 6. The van der Waals surface area contributed by atoms with Crippen LogP contribution < -0.4 is 20.7 Å². The maximum atomic E-state index is 13.3. The highest BCUT2D eigenvalue weighted by Crippen LogP contribution is 2.39. The van der Waals surface area contributed by atoms with E-state index in [2.05, 4.69) is 37.7 Å². The molecule has 38 heavy (non-hydrogen) atoms. The number of nitrogens with zero attached hydrogens (tertiary/aromatic N) is 1. The molecule has 1 saturated heterocycles. The van der Waals surface area contributed by atoms with Gasteiger partial charge in [-0.15, -0.1) is 0 Å². The molecule has 0 radical (unpaired) electrons.